The van der Waals surface area contributed by atoms with Gasteiger partial charge in [-0.25, -0.2) is 0 Å². The molecule has 4 aliphatic rings. The Balaban J connectivity index is 1.38. The van der Waals surface area contributed by atoms with E-state index in [0.717, 1.165) is 13.1 Å². The molecule has 6 heteroatoms. The van der Waals surface area contributed by atoms with E-state index < -0.39 is 0 Å². The van der Waals surface area contributed by atoms with Gasteiger partial charge in [-0.3, -0.25) is 19.6 Å². The third-order valence-electron chi connectivity index (χ3n) is 10.3. The van der Waals surface area contributed by atoms with Gasteiger partial charge in [0.2, 0.25) is 0 Å². The number of rotatable bonds is 9. The van der Waals surface area contributed by atoms with Gasteiger partial charge in [0.05, 0.1) is 6.17 Å². The number of piperidine rings is 2. The van der Waals surface area contributed by atoms with Gasteiger partial charge in [-0.1, -0.05) is 39.5 Å². The van der Waals surface area contributed by atoms with Crippen LogP contribution in [0.15, 0.2) is 0 Å². The minimum atomic E-state index is 0.408. The van der Waals surface area contributed by atoms with Gasteiger partial charge in [0, 0.05) is 70.0 Å². The first-order valence-corrected chi connectivity index (χ1v) is 14.9. The van der Waals surface area contributed by atoms with Gasteiger partial charge in [-0.05, 0) is 65.7 Å². The van der Waals surface area contributed by atoms with Crippen molar-refractivity contribution in [2.24, 2.45) is 0 Å². The predicted octanol–water partition coefficient (Wildman–Crippen LogP) is 3.14. The Morgan fingerprint density at radius 3 is 2.00 bits per heavy atom. The van der Waals surface area contributed by atoms with Crippen LogP contribution in [0.4, 0.5) is 0 Å². The first-order chi connectivity index (χ1) is 16.5. The lowest BCUT2D eigenvalue weighted by atomic mass is 9.79. The average Bonchev–Trinajstić information content (AvgIpc) is 2.89. The molecule has 4 saturated heterocycles. The predicted molar refractivity (Wildman–Crippen MR) is 144 cm³/mol. The number of unbranched alkanes of at least 4 members (excludes halogenated alkanes) is 3. The van der Waals surface area contributed by atoms with Crippen LogP contribution in [0.3, 0.4) is 0 Å². The van der Waals surface area contributed by atoms with Crippen LogP contribution in [-0.4, -0.2) is 128 Å². The Morgan fingerprint density at radius 1 is 0.706 bits per heavy atom. The summed E-state index contributed by atoms with van der Waals surface area (Å²) in [4.78, 5) is 13.9. The molecule has 0 spiro atoms. The highest BCUT2D eigenvalue weighted by Gasteiger charge is 2.45. The van der Waals surface area contributed by atoms with Crippen LogP contribution in [0.5, 0.6) is 0 Å². The minimum absolute atomic E-state index is 0.408. The van der Waals surface area contributed by atoms with Crippen molar-refractivity contribution in [1.29, 1.82) is 0 Å². The Morgan fingerprint density at radius 2 is 1.35 bits per heavy atom. The largest absolute Gasteiger partial charge is 0.314 e. The molecular formula is C28H56N6. The summed E-state index contributed by atoms with van der Waals surface area (Å²) in [6.07, 6.45) is 14.3. The van der Waals surface area contributed by atoms with E-state index in [9.17, 15) is 0 Å². The molecule has 0 aromatic carbocycles. The Kier molecular flexibility index (Phi) is 9.73. The lowest BCUT2D eigenvalue weighted by Crippen LogP contribution is -2.67. The summed E-state index contributed by atoms with van der Waals surface area (Å²) in [6, 6.07) is 0. The normalized spacial score (nSPS) is 33.4. The summed E-state index contributed by atoms with van der Waals surface area (Å²) in [6.45, 7) is 18.4. The molecule has 0 bridgehead atoms. The number of piperazine rings is 2. The van der Waals surface area contributed by atoms with E-state index in [1.54, 1.807) is 0 Å². The zero-order valence-electron chi connectivity index (χ0n) is 23.2. The van der Waals surface area contributed by atoms with Gasteiger partial charge >= 0.3 is 0 Å². The summed E-state index contributed by atoms with van der Waals surface area (Å²) < 4.78 is 0. The monoisotopic (exact) mass is 476 g/mol. The standard InChI is InChI=1S/C28H56N6/c1-5-7-8-9-10-28(11-16-30(3)17-12-28)34-23-21-32(22-24-34)26-25-27(6-2,13-18-31(26)4)33-19-14-29-15-20-33/h26,29H,5-25H2,1-4H3. The van der Waals surface area contributed by atoms with Crippen molar-refractivity contribution < 1.29 is 0 Å². The molecule has 4 fully saturated rings. The van der Waals surface area contributed by atoms with Crippen molar-refractivity contribution in [3.8, 4) is 0 Å². The Labute approximate surface area is 211 Å². The second-order valence-electron chi connectivity index (χ2n) is 12.1. The fourth-order valence-corrected chi connectivity index (χ4v) is 7.64. The average molecular weight is 477 g/mol. The molecule has 0 saturated carbocycles. The Hall–Kier alpha value is -0.240. The van der Waals surface area contributed by atoms with E-state index in [1.807, 2.05) is 0 Å². The number of nitrogens with one attached hydrogen (secondary N) is 1. The molecule has 0 amide bonds. The topological polar surface area (TPSA) is 28.2 Å². The molecule has 1 N–H and O–H groups in total. The van der Waals surface area contributed by atoms with Crippen LogP contribution in [0.1, 0.15) is 78.1 Å². The van der Waals surface area contributed by atoms with Crippen LogP contribution in [0.2, 0.25) is 0 Å². The summed E-state index contributed by atoms with van der Waals surface area (Å²) in [7, 11) is 4.71. The quantitative estimate of drug-likeness (QED) is 0.514. The minimum Gasteiger partial charge on any atom is -0.314 e. The van der Waals surface area contributed by atoms with Crippen LogP contribution in [-0.2, 0) is 0 Å². The van der Waals surface area contributed by atoms with Crippen molar-refractivity contribution >= 4 is 0 Å². The highest BCUT2D eigenvalue weighted by atomic mass is 15.4. The molecule has 4 rings (SSSR count). The second-order valence-corrected chi connectivity index (χ2v) is 12.1. The first kappa shape index (κ1) is 26.8. The summed E-state index contributed by atoms with van der Waals surface area (Å²) in [5.74, 6) is 0. The smallest absolute Gasteiger partial charge is 0.0638 e. The van der Waals surface area contributed by atoms with Crippen molar-refractivity contribution in [3.05, 3.63) is 0 Å². The maximum absolute atomic E-state index is 3.57. The van der Waals surface area contributed by atoms with Crippen molar-refractivity contribution in [3.63, 3.8) is 0 Å². The van der Waals surface area contributed by atoms with Gasteiger partial charge in [0.15, 0.2) is 0 Å². The van der Waals surface area contributed by atoms with Crippen LogP contribution < -0.4 is 5.32 Å². The second kappa shape index (κ2) is 12.3. The maximum atomic E-state index is 3.57. The number of nitrogens with zero attached hydrogens (tertiary/aromatic N) is 5. The zero-order chi connectivity index (χ0) is 24.0. The summed E-state index contributed by atoms with van der Waals surface area (Å²) in [5, 5.41) is 3.57. The van der Waals surface area contributed by atoms with E-state index in [-0.39, 0.29) is 0 Å². The molecule has 198 valence electrons. The highest BCUT2D eigenvalue weighted by Crippen LogP contribution is 2.38. The fraction of sp³-hybridized carbons (Fsp3) is 1.00. The molecule has 0 aromatic rings. The maximum Gasteiger partial charge on any atom is 0.0638 e. The van der Waals surface area contributed by atoms with Gasteiger partial charge in [-0.2, -0.15) is 0 Å². The number of hydrogen-bond acceptors (Lipinski definition) is 6. The summed E-state index contributed by atoms with van der Waals surface area (Å²) in [5.41, 5.74) is 0.879. The Bertz CT molecular complexity index is 592. The SMILES string of the molecule is CCCCCCC1(N2CCN(C3CC(CC)(N4CCNCC4)CCN3C)CC2)CCN(C)CC1. The van der Waals surface area contributed by atoms with Crippen molar-refractivity contribution in [2.75, 3.05) is 86.1 Å². The van der Waals surface area contributed by atoms with Crippen molar-refractivity contribution in [2.45, 2.75) is 95.3 Å². The van der Waals surface area contributed by atoms with Gasteiger partial charge < -0.3 is 10.2 Å². The van der Waals surface area contributed by atoms with Gasteiger partial charge in [-0.15, -0.1) is 0 Å². The van der Waals surface area contributed by atoms with E-state index in [4.69, 9.17) is 0 Å². The fourth-order valence-electron chi connectivity index (χ4n) is 7.64. The van der Waals surface area contributed by atoms with Gasteiger partial charge in [0.25, 0.3) is 0 Å². The van der Waals surface area contributed by atoms with E-state index >= 15 is 0 Å². The number of likely N-dealkylation sites (tertiary alicyclic amines) is 2. The lowest BCUT2D eigenvalue weighted by molar-refractivity contribution is -0.0863. The first-order valence-electron chi connectivity index (χ1n) is 14.9. The molecule has 2 atom stereocenters. The molecule has 6 nitrogen and oxygen atoms in total. The molecule has 0 aromatic heterocycles. The van der Waals surface area contributed by atoms with Crippen LogP contribution >= 0.6 is 0 Å². The van der Waals surface area contributed by atoms with Crippen molar-refractivity contribution in [1.82, 2.24) is 29.8 Å². The third-order valence-corrected chi connectivity index (χ3v) is 10.3. The van der Waals surface area contributed by atoms with E-state index in [1.165, 1.54) is 123 Å². The van der Waals surface area contributed by atoms with Gasteiger partial charge in [0.1, 0.15) is 0 Å². The lowest BCUT2D eigenvalue weighted by Gasteiger charge is -2.57. The molecule has 2 unspecified atom stereocenters. The van der Waals surface area contributed by atoms with Crippen LogP contribution in [0, 0.1) is 0 Å². The molecular weight excluding hydrogens is 420 g/mol. The molecule has 4 heterocycles. The molecule has 0 aliphatic carbocycles. The molecule has 0 radical (unpaired) electrons. The number of hydrogen-bond donors (Lipinski definition) is 1. The third kappa shape index (κ3) is 6.00. The molecule has 4 aliphatic heterocycles. The zero-order valence-corrected chi connectivity index (χ0v) is 23.2. The van der Waals surface area contributed by atoms with E-state index in [0.29, 0.717) is 17.2 Å². The van der Waals surface area contributed by atoms with Crippen LogP contribution in [0.25, 0.3) is 0 Å². The highest BCUT2D eigenvalue weighted by molar-refractivity contribution is 5.01. The summed E-state index contributed by atoms with van der Waals surface area (Å²) >= 11 is 0. The van der Waals surface area contributed by atoms with E-state index in [2.05, 4.69) is 57.8 Å². The molecule has 34 heavy (non-hydrogen) atoms.